The normalized spacial score (nSPS) is 41.9. The Kier molecular flexibility index (Phi) is 4.15. The summed E-state index contributed by atoms with van der Waals surface area (Å²) in [5, 5.41) is 9.88. The van der Waals surface area contributed by atoms with Gasteiger partial charge < -0.3 is 10.0 Å². The van der Waals surface area contributed by atoms with E-state index in [1.54, 1.807) is 5.57 Å². The minimum Gasteiger partial charge on any atom is -0.393 e. The van der Waals surface area contributed by atoms with Crippen LogP contribution in [0.5, 0.6) is 0 Å². The number of fused-ring (bicyclic) bond motifs is 1. The maximum Gasteiger partial charge on any atom is 0.0515 e. The van der Waals surface area contributed by atoms with Crippen molar-refractivity contribution in [3.05, 3.63) is 23.8 Å². The summed E-state index contributed by atoms with van der Waals surface area (Å²) >= 11 is 0. The molecule has 2 aliphatic heterocycles. The summed E-state index contributed by atoms with van der Waals surface area (Å²) in [6.07, 6.45) is 12.2. The molecule has 3 nitrogen and oxygen atoms in total. The smallest absolute Gasteiger partial charge is 0.0515 e. The van der Waals surface area contributed by atoms with E-state index in [0.717, 1.165) is 18.9 Å². The molecular formula is C20H32N2O. The van der Waals surface area contributed by atoms with Crippen LogP contribution in [0.2, 0.25) is 0 Å². The van der Waals surface area contributed by atoms with Crippen LogP contribution >= 0.6 is 0 Å². The molecular weight excluding hydrogens is 284 g/mol. The zero-order valence-corrected chi connectivity index (χ0v) is 14.7. The summed E-state index contributed by atoms with van der Waals surface area (Å²) in [4.78, 5) is 5.25. The molecule has 23 heavy (non-hydrogen) atoms. The maximum absolute atomic E-state index is 9.88. The van der Waals surface area contributed by atoms with E-state index in [4.69, 9.17) is 0 Å². The van der Waals surface area contributed by atoms with Gasteiger partial charge >= 0.3 is 0 Å². The van der Waals surface area contributed by atoms with Gasteiger partial charge in [-0.2, -0.15) is 0 Å². The van der Waals surface area contributed by atoms with E-state index in [2.05, 4.69) is 35.0 Å². The van der Waals surface area contributed by atoms with E-state index in [1.165, 1.54) is 45.4 Å². The highest BCUT2D eigenvalue weighted by Gasteiger charge is 2.69. The van der Waals surface area contributed by atoms with Crippen molar-refractivity contribution >= 4 is 0 Å². The second kappa shape index (κ2) is 6.02. The van der Waals surface area contributed by atoms with E-state index in [1.807, 2.05) is 6.92 Å². The van der Waals surface area contributed by atoms with Crippen LogP contribution in [0.25, 0.3) is 0 Å². The molecule has 0 radical (unpaired) electrons. The van der Waals surface area contributed by atoms with Crippen LogP contribution in [-0.2, 0) is 0 Å². The largest absolute Gasteiger partial charge is 0.393 e. The van der Waals surface area contributed by atoms with E-state index in [-0.39, 0.29) is 6.10 Å². The van der Waals surface area contributed by atoms with Crippen LogP contribution in [0.4, 0.5) is 0 Å². The number of aliphatic hydroxyl groups is 1. The fourth-order valence-electron chi connectivity index (χ4n) is 5.64. The highest BCUT2D eigenvalue weighted by atomic mass is 16.3. The summed E-state index contributed by atoms with van der Waals surface area (Å²) in [5.41, 5.74) is 1.94. The van der Waals surface area contributed by atoms with Gasteiger partial charge in [0.1, 0.15) is 0 Å². The fourth-order valence-corrected chi connectivity index (χ4v) is 5.64. The zero-order chi connectivity index (χ0) is 16.0. The maximum atomic E-state index is 9.88. The Balaban J connectivity index is 1.48. The molecule has 4 rings (SSSR count). The van der Waals surface area contributed by atoms with Gasteiger partial charge in [-0.15, -0.1) is 0 Å². The quantitative estimate of drug-likeness (QED) is 0.845. The number of piperidine rings is 1. The molecule has 0 bridgehead atoms. The third-order valence-corrected chi connectivity index (χ3v) is 6.91. The number of aliphatic hydroxyl groups excluding tert-OH is 1. The molecule has 5 unspecified atom stereocenters. The molecule has 5 atom stereocenters. The molecule has 3 heteroatoms. The first-order valence-electron chi connectivity index (χ1n) is 9.68. The average molecular weight is 316 g/mol. The van der Waals surface area contributed by atoms with Crippen LogP contribution < -0.4 is 0 Å². The topological polar surface area (TPSA) is 26.7 Å². The molecule has 4 aliphatic rings. The van der Waals surface area contributed by atoms with Gasteiger partial charge in [-0.1, -0.05) is 25.2 Å². The molecule has 0 aromatic carbocycles. The molecule has 0 aromatic rings. The lowest BCUT2D eigenvalue weighted by atomic mass is 9.86. The molecule has 128 valence electrons. The van der Waals surface area contributed by atoms with Crippen LogP contribution in [0, 0.1) is 17.3 Å². The second-order valence-corrected chi connectivity index (χ2v) is 8.23. The summed E-state index contributed by atoms with van der Waals surface area (Å²) in [6, 6.07) is 0.633. The lowest BCUT2D eigenvalue weighted by Crippen LogP contribution is -2.33. The van der Waals surface area contributed by atoms with Crippen molar-refractivity contribution in [3.8, 4) is 0 Å². The molecule has 0 aromatic heterocycles. The Morgan fingerprint density at radius 1 is 1.35 bits per heavy atom. The predicted octanol–water partition coefficient (Wildman–Crippen LogP) is 2.68. The van der Waals surface area contributed by atoms with Crippen LogP contribution in [0.15, 0.2) is 23.8 Å². The lowest BCUT2D eigenvalue weighted by molar-refractivity contribution is 0.160. The van der Waals surface area contributed by atoms with Crippen LogP contribution in [0.1, 0.15) is 39.5 Å². The number of nitrogens with zero attached hydrogens (tertiary/aromatic N) is 2. The van der Waals surface area contributed by atoms with Gasteiger partial charge in [-0.25, -0.2) is 0 Å². The Morgan fingerprint density at radius 2 is 2.13 bits per heavy atom. The predicted molar refractivity (Wildman–Crippen MR) is 94.3 cm³/mol. The van der Waals surface area contributed by atoms with Crippen LogP contribution in [0.3, 0.4) is 0 Å². The Hall–Kier alpha value is -0.640. The number of likely N-dealkylation sites (tertiary alicyclic amines) is 2. The number of hydrogen-bond acceptors (Lipinski definition) is 3. The van der Waals surface area contributed by atoms with Crippen molar-refractivity contribution < 1.29 is 5.11 Å². The molecule has 2 aliphatic carbocycles. The van der Waals surface area contributed by atoms with E-state index >= 15 is 0 Å². The van der Waals surface area contributed by atoms with Crippen molar-refractivity contribution in [2.75, 3.05) is 32.7 Å². The van der Waals surface area contributed by atoms with Crippen molar-refractivity contribution in [1.29, 1.82) is 0 Å². The molecule has 1 saturated carbocycles. The first-order chi connectivity index (χ1) is 11.1. The molecule has 3 fully saturated rings. The summed E-state index contributed by atoms with van der Waals surface area (Å²) in [5.74, 6) is 1.47. The van der Waals surface area contributed by atoms with Gasteiger partial charge in [0.05, 0.1) is 6.10 Å². The average Bonchev–Trinajstić information content (AvgIpc) is 3.01. The Labute approximate surface area is 141 Å². The van der Waals surface area contributed by atoms with Crippen molar-refractivity contribution in [1.82, 2.24) is 9.80 Å². The SMILES string of the molecule is CCN1CC2C(CC(C)O)C2(C2=CCC(N3CCCC3)C=C2)C1. The molecule has 1 N–H and O–H groups in total. The van der Waals surface area contributed by atoms with Gasteiger partial charge in [0.15, 0.2) is 0 Å². The lowest BCUT2D eigenvalue weighted by Gasteiger charge is -2.29. The van der Waals surface area contributed by atoms with Gasteiger partial charge in [0.2, 0.25) is 0 Å². The number of allylic oxidation sites excluding steroid dienone is 1. The van der Waals surface area contributed by atoms with Crippen molar-refractivity contribution in [2.24, 2.45) is 17.3 Å². The van der Waals surface area contributed by atoms with E-state index in [0.29, 0.717) is 17.4 Å². The Morgan fingerprint density at radius 3 is 2.74 bits per heavy atom. The first-order valence-corrected chi connectivity index (χ1v) is 9.68. The number of rotatable bonds is 5. The highest BCUT2D eigenvalue weighted by Crippen LogP contribution is 2.69. The van der Waals surface area contributed by atoms with Crippen LogP contribution in [-0.4, -0.2) is 59.8 Å². The van der Waals surface area contributed by atoms with Gasteiger partial charge in [0.25, 0.3) is 0 Å². The molecule has 2 heterocycles. The zero-order valence-electron chi connectivity index (χ0n) is 14.7. The molecule has 0 spiro atoms. The van der Waals surface area contributed by atoms with Gasteiger partial charge in [0, 0.05) is 24.5 Å². The molecule has 0 amide bonds. The summed E-state index contributed by atoms with van der Waals surface area (Å²) < 4.78 is 0. The third-order valence-electron chi connectivity index (χ3n) is 6.91. The first kappa shape index (κ1) is 15.9. The number of hydrogen-bond donors (Lipinski definition) is 1. The van der Waals surface area contributed by atoms with Gasteiger partial charge in [-0.3, -0.25) is 4.90 Å². The summed E-state index contributed by atoms with van der Waals surface area (Å²) in [7, 11) is 0. The Bertz CT molecular complexity index is 506. The molecule has 2 saturated heterocycles. The van der Waals surface area contributed by atoms with Crippen molar-refractivity contribution in [2.45, 2.75) is 51.7 Å². The monoisotopic (exact) mass is 316 g/mol. The van der Waals surface area contributed by atoms with E-state index < -0.39 is 0 Å². The fraction of sp³-hybridized carbons (Fsp3) is 0.800. The summed E-state index contributed by atoms with van der Waals surface area (Å²) in [6.45, 7) is 10.4. The second-order valence-electron chi connectivity index (χ2n) is 8.23. The highest BCUT2D eigenvalue weighted by molar-refractivity contribution is 5.42. The van der Waals surface area contributed by atoms with Crippen molar-refractivity contribution in [3.63, 3.8) is 0 Å². The minimum atomic E-state index is -0.164. The van der Waals surface area contributed by atoms with Gasteiger partial charge in [-0.05, 0) is 69.7 Å². The minimum absolute atomic E-state index is 0.164. The third kappa shape index (κ3) is 2.61. The van der Waals surface area contributed by atoms with E-state index in [9.17, 15) is 5.11 Å². The standard InChI is InChI=1S/C20H32N2O/c1-3-21-13-19-18(12-15(2)23)20(19,14-21)16-6-8-17(9-7-16)22-10-4-5-11-22/h6-8,15,17-19,23H,3-5,9-14H2,1-2H3.